The summed E-state index contributed by atoms with van der Waals surface area (Å²) in [5, 5.41) is 0.909. The molecular weight excluding hydrogens is 290 g/mol. The number of rotatable bonds is 3. The Morgan fingerprint density at radius 2 is 1.78 bits per heavy atom. The molecule has 3 rings (SSSR count). The number of carbonyl (C=O) groups is 2. The third-order valence-electron chi connectivity index (χ3n) is 3.70. The van der Waals surface area contributed by atoms with Gasteiger partial charge in [-0.05, 0) is 30.7 Å². The number of ether oxygens (including phenoxy) is 1. The van der Waals surface area contributed by atoms with Crippen LogP contribution in [0.4, 0.5) is 0 Å². The molecule has 0 amide bonds. The minimum atomic E-state index is -0.382. The molecule has 23 heavy (non-hydrogen) atoms. The van der Waals surface area contributed by atoms with Gasteiger partial charge in [-0.25, -0.2) is 4.79 Å². The molecule has 0 atom stereocenters. The number of hydrogen-bond acceptors (Lipinski definition) is 3. The Morgan fingerprint density at radius 3 is 2.43 bits per heavy atom. The van der Waals surface area contributed by atoms with Crippen molar-refractivity contribution < 1.29 is 14.3 Å². The van der Waals surface area contributed by atoms with Gasteiger partial charge in [0.15, 0.2) is 0 Å². The van der Waals surface area contributed by atoms with Crippen molar-refractivity contribution in [3.05, 3.63) is 60.2 Å². The largest absolute Gasteiger partial charge is 0.462 e. The van der Waals surface area contributed by atoms with E-state index in [1.54, 1.807) is 23.6 Å². The molecule has 0 aliphatic carbocycles. The molecule has 0 saturated carbocycles. The predicted octanol–water partition coefficient (Wildman–Crippen LogP) is 4.15. The fourth-order valence-corrected chi connectivity index (χ4v) is 2.70. The minimum absolute atomic E-state index is 0.0974. The highest BCUT2D eigenvalue weighted by molar-refractivity contribution is 6.01. The molecule has 0 fully saturated rings. The molecule has 3 aromatic rings. The maximum Gasteiger partial charge on any atom is 0.338 e. The lowest BCUT2D eigenvalue weighted by Gasteiger charge is -2.07. The van der Waals surface area contributed by atoms with E-state index in [-0.39, 0.29) is 11.9 Å². The van der Waals surface area contributed by atoms with E-state index >= 15 is 0 Å². The topological polar surface area (TPSA) is 48.3 Å². The molecule has 4 heteroatoms. The first kappa shape index (κ1) is 15.0. The monoisotopic (exact) mass is 307 g/mol. The molecule has 0 bridgehead atoms. The molecule has 0 N–H and O–H groups in total. The Labute approximate surface area is 134 Å². The van der Waals surface area contributed by atoms with Crippen LogP contribution in [0.15, 0.2) is 54.6 Å². The number of benzene rings is 2. The smallest absolute Gasteiger partial charge is 0.338 e. The molecule has 2 aromatic carbocycles. The molecule has 0 aliphatic heterocycles. The van der Waals surface area contributed by atoms with Crippen molar-refractivity contribution in [3.8, 4) is 11.3 Å². The third kappa shape index (κ3) is 2.75. The molecular formula is C19H17NO3. The van der Waals surface area contributed by atoms with Crippen molar-refractivity contribution >= 4 is 22.8 Å². The van der Waals surface area contributed by atoms with Crippen molar-refractivity contribution in [1.82, 2.24) is 4.57 Å². The van der Waals surface area contributed by atoms with Crippen LogP contribution >= 0.6 is 0 Å². The van der Waals surface area contributed by atoms with E-state index in [4.69, 9.17) is 4.74 Å². The van der Waals surface area contributed by atoms with Gasteiger partial charge >= 0.3 is 5.97 Å². The zero-order valence-electron chi connectivity index (χ0n) is 13.1. The molecule has 1 heterocycles. The zero-order chi connectivity index (χ0) is 16.4. The Balaban J connectivity index is 2.22. The molecule has 0 radical (unpaired) electrons. The molecule has 0 unspecified atom stereocenters. The van der Waals surface area contributed by atoms with Gasteiger partial charge in [-0.15, -0.1) is 0 Å². The second-order valence-corrected chi connectivity index (χ2v) is 5.24. The summed E-state index contributed by atoms with van der Waals surface area (Å²) in [7, 11) is 0. The summed E-state index contributed by atoms with van der Waals surface area (Å²) in [4.78, 5) is 24.1. The van der Waals surface area contributed by atoms with Crippen LogP contribution in [0.5, 0.6) is 0 Å². The first-order valence-electron chi connectivity index (χ1n) is 7.51. The molecule has 116 valence electrons. The van der Waals surface area contributed by atoms with Crippen molar-refractivity contribution in [2.24, 2.45) is 0 Å². The zero-order valence-corrected chi connectivity index (χ0v) is 13.1. The van der Waals surface area contributed by atoms with E-state index in [2.05, 4.69) is 0 Å². The highest BCUT2D eigenvalue weighted by Crippen LogP contribution is 2.29. The Hall–Kier alpha value is -2.88. The van der Waals surface area contributed by atoms with Crippen molar-refractivity contribution in [2.45, 2.75) is 13.8 Å². The van der Waals surface area contributed by atoms with Crippen molar-refractivity contribution in [2.75, 3.05) is 6.61 Å². The lowest BCUT2D eigenvalue weighted by molar-refractivity contribution is 0.0526. The van der Waals surface area contributed by atoms with Gasteiger partial charge in [0.25, 0.3) is 0 Å². The van der Waals surface area contributed by atoms with Crippen LogP contribution in [-0.2, 0) is 4.74 Å². The summed E-state index contributed by atoms with van der Waals surface area (Å²) in [6, 6.07) is 16.9. The molecule has 0 spiro atoms. The van der Waals surface area contributed by atoms with Crippen LogP contribution in [0.3, 0.4) is 0 Å². The summed E-state index contributed by atoms with van der Waals surface area (Å²) in [5.41, 5.74) is 2.92. The third-order valence-corrected chi connectivity index (χ3v) is 3.70. The van der Waals surface area contributed by atoms with Gasteiger partial charge in [-0.1, -0.05) is 36.4 Å². The fraction of sp³-hybridized carbons (Fsp3) is 0.158. The Bertz CT molecular complexity index is 878. The van der Waals surface area contributed by atoms with E-state index in [0.29, 0.717) is 17.7 Å². The van der Waals surface area contributed by atoms with Gasteiger partial charge in [-0.2, -0.15) is 0 Å². The van der Waals surface area contributed by atoms with Crippen LogP contribution in [-0.4, -0.2) is 23.1 Å². The highest BCUT2D eigenvalue weighted by Gasteiger charge is 2.16. The molecule has 0 aliphatic rings. The van der Waals surface area contributed by atoms with Gasteiger partial charge in [0.05, 0.1) is 23.4 Å². The van der Waals surface area contributed by atoms with Crippen molar-refractivity contribution in [1.29, 1.82) is 0 Å². The SMILES string of the molecule is CCOC(=O)c1ccc2cc(-c3ccccc3)n(C(C)=O)c2c1. The number of esters is 1. The van der Waals surface area contributed by atoms with Crippen LogP contribution in [0.25, 0.3) is 22.2 Å². The number of aromatic nitrogens is 1. The molecule has 0 saturated heterocycles. The van der Waals surface area contributed by atoms with Gasteiger partial charge in [0, 0.05) is 12.3 Å². The van der Waals surface area contributed by atoms with E-state index in [9.17, 15) is 9.59 Å². The Morgan fingerprint density at radius 1 is 1.04 bits per heavy atom. The molecule has 1 aromatic heterocycles. The highest BCUT2D eigenvalue weighted by atomic mass is 16.5. The average molecular weight is 307 g/mol. The summed E-state index contributed by atoms with van der Waals surface area (Å²) < 4.78 is 6.67. The van der Waals surface area contributed by atoms with Crippen LogP contribution in [0, 0.1) is 0 Å². The maximum atomic E-state index is 12.2. The fourth-order valence-electron chi connectivity index (χ4n) is 2.70. The second kappa shape index (κ2) is 6.08. The molecule has 4 nitrogen and oxygen atoms in total. The van der Waals surface area contributed by atoms with Crippen molar-refractivity contribution in [3.63, 3.8) is 0 Å². The maximum absolute atomic E-state index is 12.2. The van der Waals surface area contributed by atoms with Crippen LogP contribution in [0.2, 0.25) is 0 Å². The van der Waals surface area contributed by atoms with Gasteiger partial charge < -0.3 is 4.74 Å². The van der Waals surface area contributed by atoms with Gasteiger partial charge in [-0.3, -0.25) is 9.36 Å². The van der Waals surface area contributed by atoms with E-state index in [1.807, 2.05) is 42.5 Å². The predicted molar refractivity (Wildman–Crippen MR) is 89.6 cm³/mol. The average Bonchev–Trinajstić information content (AvgIpc) is 2.94. The first-order chi connectivity index (χ1) is 11.1. The van der Waals surface area contributed by atoms with Crippen LogP contribution in [0.1, 0.15) is 29.0 Å². The summed E-state index contributed by atoms with van der Waals surface area (Å²) in [5.74, 6) is -0.480. The number of fused-ring (bicyclic) bond motifs is 1. The summed E-state index contributed by atoms with van der Waals surface area (Å²) in [6.45, 7) is 3.60. The minimum Gasteiger partial charge on any atom is -0.462 e. The quantitative estimate of drug-likeness (QED) is 0.683. The summed E-state index contributed by atoms with van der Waals surface area (Å²) >= 11 is 0. The van der Waals surface area contributed by atoms with E-state index in [0.717, 1.165) is 16.6 Å². The van der Waals surface area contributed by atoms with E-state index < -0.39 is 0 Å². The summed E-state index contributed by atoms with van der Waals surface area (Å²) in [6.07, 6.45) is 0. The second-order valence-electron chi connectivity index (χ2n) is 5.24. The van der Waals surface area contributed by atoms with Gasteiger partial charge in [0.1, 0.15) is 0 Å². The van der Waals surface area contributed by atoms with Gasteiger partial charge in [0.2, 0.25) is 5.91 Å². The Kier molecular flexibility index (Phi) is 3.98. The normalized spacial score (nSPS) is 10.7. The number of hydrogen-bond donors (Lipinski definition) is 0. The lowest BCUT2D eigenvalue weighted by Crippen LogP contribution is -2.08. The lowest BCUT2D eigenvalue weighted by atomic mass is 10.1. The van der Waals surface area contributed by atoms with E-state index in [1.165, 1.54) is 6.92 Å². The number of nitrogens with zero attached hydrogens (tertiary/aromatic N) is 1. The van der Waals surface area contributed by atoms with Crippen LogP contribution < -0.4 is 0 Å². The number of carbonyl (C=O) groups excluding carboxylic acids is 2. The first-order valence-corrected chi connectivity index (χ1v) is 7.51. The standard InChI is InChI=1S/C19H17NO3/c1-3-23-19(22)16-10-9-15-11-17(14-7-5-4-6-8-14)20(13(2)21)18(15)12-16/h4-12H,3H2,1-2H3.